The van der Waals surface area contributed by atoms with Crippen LogP contribution in [0.3, 0.4) is 0 Å². The first-order valence-electron chi connectivity index (χ1n) is 9.93. The van der Waals surface area contributed by atoms with Gasteiger partial charge in [0, 0.05) is 37.3 Å². The molecule has 0 aliphatic carbocycles. The van der Waals surface area contributed by atoms with Crippen molar-refractivity contribution in [3.63, 3.8) is 0 Å². The number of aromatic nitrogens is 1. The number of piperazine rings is 1. The summed E-state index contributed by atoms with van der Waals surface area (Å²) in [4.78, 5) is 4.63. The fraction of sp³-hybridized carbons (Fsp3) is 0.286. The number of fused-ring (bicyclic) bond motifs is 1. The van der Waals surface area contributed by atoms with E-state index in [0.717, 1.165) is 22.5 Å². The third-order valence-electron chi connectivity index (χ3n) is 5.26. The highest BCUT2D eigenvalue weighted by Gasteiger charge is 2.37. The molecular weight excluding hydrogens is 488 g/mol. The second kappa shape index (κ2) is 8.62. The topological polar surface area (TPSA) is 62.7 Å². The number of para-hydroxylation sites is 2. The fourth-order valence-corrected chi connectivity index (χ4v) is 5.28. The molecular formula is C21H17F6N3O3S. The van der Waals surface area contributed by atoms with Gasteiger partial charge in [-0.05, 0) is 24.3 Å². The van der Waals surface area contributed by atoms with Crippen LogP contribution in [0, 0.1) is 0 Å². The Morgan fingerprint density at radius 3 is 2.12 bits per heavy atom. The number of rotatable bonds is 4. The first-order valence-corrected chi connectivity index (χ1v) is 11.4. The van der Waals surface area contributed by atoms with E-state index in [1.165, 1.54) is 18.2 Å². The van der Waals surface area contributed by atoms with Crippen LogP contribution in [0.25, 0.3) is 10.9 Å². The van der Waals surface area contributed by atoms with Crippen LogP contribution in [0.4, 0.5) is 32.0 Å². The zero-order valence-corrected chi connectivity index (χ0v) is 18.1. The molecule has 1 fully saturated rings. The number of ether oxygens (including phenoxy) is 1. The van der Waals surface area contributed by atoms with Gasteiger partial charge in [-0.25, -0.2) is 13.4 Å². The number of alkyl halides is 6. The minimum Gasteiger partial charge on any atom is -0.404 e. The van der Waals surface area contributed by atoms with Crippen LogP contribution in [0.15, 0.2) is 59.5 Å². The maximum absolute atomic E-state index is 13.4. The third kappa shape index (κ3) is 4.89. The molecule has 1 saturated heterocycles. The van der Waals surface area contributed by atoms with E-state index in [1.807, 2.05) is 0 Å². The summed E-state index contributed by atoms with van der Waals surface area (Å²) in [6.45, 7) is -0.263. The molecule has 0 spiro atoms. The van der Waals surface area contributed by atoms with E-state index < -0.39 is 38.9 Å². The average Bonchev–Trinajstić information content (AvgIpc) is 2.77. The average molecular weight is 505 g/mol. The van der Waals surface area contributed by atoms with Crippen LogP contribution in [-0.2, 0) is 16.2 Å². The zero-order valence-electron chi connectivity index (χ0n) is 17.3. The van der Waals surface area contributed by atoms with Crippen molar-refractivity contribution in [3.8, 4) is 5.75 Å². The predicted molar refractivity (Wildman–Crippen MR) is 111 cm³/mol. The number of halogens is 6. The quantitative estimate of drug-likeness (QED) is 0.483. The van der Waals surface area contributed by atoms with Crippen LogP contribution in [-0.4, -0.2) is 50.2 Å². The highest BCUT2D eigenvalue weighted by Crippen LogP contribution is 2.36. The van der Waals surface area contributed by atoms with Gasteiger partial charge in [-0.3, -0.25) is 0 Å². The van der Waals surface area contributed by atoms with Crippen molar-refractivity contribution >= 4 is 26.6 Å². The Morgan fingerprint density at radius 2 is 1.47 bits per heavy atom. The van der Waals surface area contributed by atoms with Gasteiger partial charge in [0.05, 0.1) is 5.52 Å². The molecule has 4 rings (SSSR count). The molecule has 1 aliphatic rings. The highest BCUT2D eigenvalue weighted by molar-refractivity contribution is 7.89. The zero-order chi connectivity index (χ0) is 24.7. The lowest BCUT2D eigenvalue weighted by molar-refractivity contribution is -0.275. The molecule has 1 aromatic heterocycles. The molecule has 0 bridgehead atoms. The van der Waals surface area contributed by atoms with Gasteiger partial charge in [-0.2, -0.15) is 17.5 Å². The van der Waals surface area contributed by atoms with E-state index in [9.17, 15) is 34.8 Å². The summed E-state index contributed by atoms with van der Waals surface area (Å²) in [5.41, 5.74) is -0.689. The van der Waals surface area contributed by atoms with Gasteiger partial charge in [-0.1, -0.05) is 30.3 Å². The summed E-state index contributed by atoms with van der Waals surface area (Å²) >= 11 is 0. The summed E-state index contributed by atoms with van der Waals surface area (Å²) in [6, 6.07) is 11.6. The Hall–Kier alpha value is -3.06. The SMILES string of the molecule is O=S(=O)(c1ccccc1OC(F)(F)F)N1CCN(c2cc(C(F)(F)F)nc3ccccc23)CC1. The Bertz CT molecular complexity index is 1300. The molecule has 0 N–H and O–H groups in total. The van der Waals surface area contributed by atoms with Gasteiger partial charge in [0.1, 0.15) is 16.3 Å². The molecule has 0 atom stereocenters. The maximum Gasteiger partial charge on any atom is 0.573 e. The van der Waals surface area contributed by atoms with Crippen molar-refractivity contribution in [2.45, 2.75) is 17.4 Å². The van der Waals surface area contributed by atoms with Crippen molar-refractivity contribution in [1.29, 1.82) is 0 Å². The number of anilines is 1. The van der Waals surface area contributed by atoms with Crippen molar-refractivity contribution < 1.29 is 39.5 Å². The van der Waals surface area contributed by atoms with Crippen LogP contribution in [0.2, 0.25) is 0 Å². The lowest BCUT2D eigenvalue weighted by Crippen LogP contribution is -2.48. The lowest BCUT2D eigenvalue weighted by atomic mass is 10.1. The Balaban J connectivity index is 1.61. The van der Waals surface area contributed by atoms with Crippen LogP contribution in [0.1, 0.15) is 5.69 Å². The molecule has 1 aliphatic heterocycles. The largest absolute Gasteiger partial charge is 0.573 e. The lowest BCUT2D eigenvalue weighted by Gasteiger charge is -2.36. The predicted octanol–water partition coefficient (Wildman–Crippen LogP) is 4.66. The standard InChI is InChI=1S/C21H17F6N3O3S/c22-20(23,24)19-13-16(14-5-1-2-6-15(14)28-19)29-9-11-30(12-10-29)34(31,32)18-8-4-3-7-17(18)33-21(25,26)27/h1-8,13H,9-12H2. The number of hydrogen-bond donors (Lipinski definition) is 0. The number of pyridine rings is 1. The molecule has 3 aromatic rings. The molecule has 0 unspecified atom stereocenters. The number of sulfonamides is 1. The minimum atomic E-state index is -5.08. The maximum atomic E-state index is 13.4. The van der Waals surface area contributed by atoms with Crippen molar-refractivity contribution in [2.75, 3.05) is 31.1 Å². The molecule has 182 valence electrons. The van der Waals surface area contributed by atoms with Gasteiger partial charge in [0.2, 0.25) is 10.0 Å². The minimum absolute atomic E-state index is 0.0207. The monoisotopic (exact) mass is 505 g/mol. The van der Waals surface area contributed by atoms with Crippen molar-refractivity contribution in [1.82, 2.24) is 9.29 Å². The second-order valence-electron chi connectivity index (χ2n) is 7.43. The van der Waals surface area contributed by atoms with Gasteiger partial charge in [-0.15, -0.1) is 13.2 Å². The van der Waals surface area contributed by atoms with Crippen molar-refractivity contribution in [2.24, 2.45) is 0 Å². The summed E-state index contributed by atoms with van der Waals surface area (Å²) < 4.78 is 109. The van der Waals surface area contributed by atoms with Crippen LogP contribution in [0.5, 0.6) is 5.75 Å². The van der Waals surface area contributed by atoms with Crippen molar-refractivity contribution in [3.05, 3.63) is 60.3 Å². The van der Waals surface area contributed by atoms with Gasteiger partial charge >= 0.3 is 12.5 Å². The van der Waals surface area contributed by atoms with Gasteiger partial charge in [0.25, 0.3) is 0 Å². The first-order chi connectivity index (χ1) is 15.9. The molecule has 2 aromatic carbocycles. The molecule has 0 amide bonds. The summed E-state index contributed by atoms with van der Waals surface area (Å²) in [5.74, 6) is -0.854. The Kier molecular flexibility index (Phi) is 6.10. The van der Waals surface area contributed by atoms with E-state index in [0.29, 0.717) is 5.39 Å². The normalized spacial score (nSPS) is 16.1. The van der Waals surface area contributed by atoms with E-state index in [1.54, 1.807) is 23.1 Å². The summed E-state index contributed by atoms with van der Waals surface area (Å²) in [6.07, 6.45) is -9.75. The number of hydrogen-bond acceptors (Lipinski definition) is 5. The van der Waals surface area contributed by atoms with E-state index in [4.69, 9.17) is 0 Å². The molecule has 6 nitrogen and oxygen atoms in total. The fourth-order valence-electron chi connectivity index (χ4n) is 3.74. The molecule has 0 radical (unpaired) electrons. The second-order valence-corrected chi connectivity index (χ2v) is 9.33. The van der Waals surface area contributed by atoms with E-state index in [-0.39, 0.29) is 37.4 Å². The van der Waals surface area contributed by atoms with Gasteiger partial charge < -0.3 is 9.64 Å². The highest BCUT2D eigenvalue weighted by atomic mass is 32.2. The molecule has 34 heavy (non-hydrogen) atoms. The molecule has 2 heterocycles. The van der Waals surface area contributed by atoms with E-state index in [2.05, 4.69) is 9.72 Å². The number of nitrogens with zero attached hydrogens (tertiary/aromatic N) is 3. The van der Waals surface area contributed by atoms with Crippen LogP contribution >= 0.6 is 0 Å². The number of benzene rings is 2. The van der Waals surface area contributed by atoms with Gasteiger partial charge in [0.15, 0.2) is 0 Å². The Labute approximate surface area is 190 Å². The first kappa shape index (κ1) is 24.1. The summed E-state index contributed by atoms with van der Waals surface area (Å²) in [7, 11) is -4.36. The molecule has 0 saturated carbocycles. The third-order valence-corrected chi connectivity index (χ3v) is 7.19. The van der Waals surface area contributed by atoms with Crippen LogP contribution < -0.4 is 9.64 Å². The Morgan fingerprint density at radius 1 is 0.853 bits per heavy atom. The summed E-state index contributed by atoms with van der Waals surface area (Å²) in [5, 5.41) is 0.468. The van der Waals surface area contributed by atoms with E-state index >= 15 is 0 Å². The smallest absolute Gasteiger partial charge is 0.404 e. The molecule has 13 heteroatoms.